The predicted molar refractivity (Wildman–Crippen MR) is 117 cm³/mol. The predicted octanol–water partition coefficient (Wildman–Crippen LogP) is 5.02. The Morgan fingerprint density at radius 2 is 1.97 bits per heavy atom. The Morgan fingerprint density at radius 3 is 2.75 bits per heavy atom. The molecule has 1 atom stereocenters. The van der Waals surface area contributed by atoms with Crippen LogP contribution in [0.15, 0.2) is 81.1 Å². The molecule has 2 aliphatic heterocycles. The van der Waals surface area contributed by atoms with Gasteiger partial charge in [-0.3, -0.25) is 0 Å². The van der Waals surface area contributed by atoms with Gasteiger partial charge in [0.1, 0.15) is 17.1 Å². The molecular formula is C23H18F2N4O3. The number of anilines is 1. The number of allylic oxidation sites excluding steroid dienone is 2. The van der Waals surface area contributed by atoms with Gasteiger partial charge >= 0.3 is 6.61 Å². The number of fused-ring (bicyclic) bond motifs is 2. The Balaban J connectivity index is 1.56. The first-order valence-electron chi connectivity index (χ1n) is 9.95. The molecule has 0 N–H and O–H groups in total. The maximum absolute atomic E-state index is 12.5. The first-order chi connectivity index (χ1) is 15.6. The molecule has 2 aliphatic rings. The molecular weight excluding hydrogens is 418 g/mol. The third kappa shape index (κ3) is 3.90. The fourth-order valence-electron chi connectivity index (χ4n) is 3.53. The van der Waals surface area contributed by atoms with Crippen molar-refractivity contribution < 1.29 is 22.7 Å². The van der Waals surface area contributed by atoms with Crippen LogP contribution in [0, 0.1) is 0 Å². The second-order valence-electron chi connectivity index (χ2n) is 6.97. The lowest BCUT2D eigenvalue weighted by Crippen LogP contribution is -2.34. The Hall–Kier alpha value is -3.85. The summed E-state index contributed by atoms with van der Waals surface area (Å²) in [6, 6.07) is 12.1. The number of aromatic nitrogens is 1. The number of benzene rings is 2. The minimum Gasteiger partial charge on any atom is -0.443 e. The molecule has 0 aliphatic carbocycles. The molecule has 0 bridgehead atoms. The quantitative estimate of drug-likeness (QED) is 0.543. The molecule has 3 aromatic rings. The van der Waals surface area contributed by atoms with Crippen LogP contribution >= 0.6 is 0 Å². The second kappa shape index (κ2) is 8.35. The summed E-state index contributed by atoms with van der Waals surface area (Å²) >= 11 is 0. The molecule has 1 unspecified atom stereocenters. The molecule has 0 spiro atoms. The van der Waals surface area contributed by atoms with E-state index in [1.807, 2.05) is 42.3 Å². The van der Waals surface area contributed by atoms with Gasteiger partial charge in [-0.25, -0.2) is 15.0 Å². The monoisotopic (exact) mass is 436 g/mol. The van der Waals surface area contributed by atoms with Gasteiger partial charge in [-0.1, -0.05) is 6.07 Å². The standard InChI is InChI=1S/C23H18F2N4O3/c1-2-30-23-26-11-15-9-16(14-3-8-20-19(10-14)27-13-31-20)12-29(21(15)28-23)17-4-6-18(7-5-17)32-22(24)25/h3-13,22-23H,2H2,1H3. The van der Waals surface area contributed by atoms with Crippen LogP contribution in [0.3, 0.4) is 0 Å². The molecule has 32 heavy (non-hydrogen) atoms. The highest BCUT2D eigenvalue weighted by molar-refractivity contribution is 6.26. The van der Waals surface area contributed by atoms with E-state index in [1.165, 1.54) is 18.5 Å². The van der Waals surface area contributed by atoms with E-state index >= 15 is 0 Å². The highest BCUT2D eigenvalue weighted by atomic mass is 19.3. The number of amidine groups is 1. The summed E-state index contributed by atoms with van der Waals surface area (Å²) in [4.78, 5) is 15.1. The van der Waals surface area contributed by atoms with E-state index in [0.717, 1.165) is 27.9 Å². The highest BCUT2D eigenvalue weighted by Gasteiger charge is 2.26. The van der Waals surface area contributed by atoms with Crippen molar-refractivity contribution in [3.63, 3.8) is 0 Å². The summed E-state index contributed by atoms with van der Waals surface area (Å²) in [5.41, 5.74) is 4.80. The van der Waals surface area contributed by atoms with Crippen molar-refractivity contribution >= 4 is 34.4 Å². The Labute approximate surface area is 182 Å². The van der Waals surface area contributed by atoms with E-state index in [2.05, 4.69) is 19.7 Å². The summed E-state index contributed by atoms with van der Waals surface area (Å²) in [7, 11) is 0. The van der Waals surface area contributed by atoms with E-state index in [9.17, 15) is 8.78 Å². The molecule has 5 rings (SSSR count). The van der Waals surface area contributed by atoms with E-state index < -0.39 is 13.0 Å². The van der Waals surface area contributed by atoms with Crippen LogP contribution in [0.4, 0.5) is 14.5 Å². The molecule has 2 aromatic carbocycles. The molecule has 7 nitrogen and oxygen atoms in total. The van der Waals surface area contributed by atoms with Crippen molar-refractivity contribution in [1.29, 1.82) is 0 Å². The number of oxazole rings is 1. The van der Waals surface area contributed by atoms with Crippen LogP contribution in [0.2, 0.25) is 0 Å². The molecule has 3 heterocycles. The van der Waals surface area contributed by atoms with Crippen LogP contribution < -0.4 is 9.64 Å². The number of hydrogen-bond donors (Lipinski definition) is 0. The van der Waals surface area contributed by atoms with Gasteiger partial charge in [0.2, 0.25) is 6.35 Å². The second-order valence-corrected chi connectivity index (χ2v) is 6.97. The van der Waals surface area contributed by atoms with E-state index in [1.54, 1.807) is 18.3 Å². The lowest BCUT2D eigenvalue weighted by molar-refractivity contribution is -0.0498. The number of ether oxygens (including phenoxy) is 2. The van der Waals surface area contributed by atoms with Crippen LogP contribution in [0.5, 0.6) is 5.75 Å². The van der Waals surface area contributed by atoms with E-state index in [4.69, 9.17) is 9.15 Å². The summed E-state index contributed by atoms with van der Waals surface area (Å²) in [6.45, 7) is -0.537. The molecule has 0 amide bonds. The van der Waals surface area contributed by atoms with E-state index in [0.29, 0.717) is 18.0 Å². The lowest BCUT2D eigenvalue weighted by Gasteiger charge is -2.30. The van der Waals surface area contributed by atoms with E-state index in [-0.39, 0.29) is 5.75 Å². The molecule has 0 saturated heterocycles. The fourth-order valence-corrected chi connectivity index (χ4v) is 3.53. The van der Waals surface area contributed by atoms with Gasteiger partial charge in [0.25, 0.3) is 0 Å². The van der Waals surface area contributed by atoms with Gasteiger partial charge in [-0.15, -0.1) is 0 Å². The third-order valence-corrected chi connectivity index (χ3v) is 4.96. The van der Waals surface area contributed by atoms with Crippen molar-refractivity contribution in [2.45, 2.75) is 19.9 Å². The zero-order chi connectivity index (χ0) is 22.1. The zero-order valence-corrected chi connectivity index (χ0v) is 17.0. The van der Waals surface area contributed by atoms with Crippen molar-refractivity contribution in [3.8, 4) is 5.75 Å². The molecule has 1 aromatic heterocycles. The number of hydrogen-bond acceptors (Lipinski definition) is 7. The topological polar surface area (TPSA) is 72.5 Å². The summed E-state index contributed by atoms with van der Waals surface area (Å²) < 4.78 is 40.4. The normalized spacial score (nSPS) is 17.8. The molecule has 0 fully saturated rings. The van der Waals surface area contributed by atoms with Crippen molar-refractivity contribution in [2.24, 2.45) is 9.98 Å². The Bertz CT molecular complexity index is 1260. The average Bonchev–Trinajstić information content (AvgIpc) is 3.27. The summed E-state index contributed by atoms with van der Waals surface area (Å²) in [6.07, 6.45) is 6.40. The molecule has 9 heteroatoms. The van der Waals surface area contributed by atoms with Gasteiger partial charge < -0.3 is 18.8 Å². The van der Waals surface area contributed by atoms with Crippen molar-refractivity contribution in [3.05, 3.63) is 72.3 Å². The van der Waals surface area contributed by atoms with Crippen molar-refractivity contribution in [1.82, 2.24) is 4.98 Å². The number of aliphatic imine (C=N–C) groups is 2. The average molecular weight is 436 g/mol. The van der Waals surface area contributed by atoms with Crippen LogP contribution in [0.1, 0.15) is 12.5 Å². The van der Waals surface area contributed by atoms with Crippen LogP contribution in [0.25, 0.3) is 16.7 Å². The lowest BCUT2D eigenvalue weighted by atomic mass is 9.99. The maximum atomic E-state index is 12.5. The van der Waals surface area contributed by atoms with Gasteiger partial charge in [-0.2, -0.15) is 8.78 Å². The minimum absolute atomic E-state index is 0.0801. The van der Waals surface area contributed by atoms with Gasteiger partial charge in [-0.05, 0) is 60.5 Å². The fraction of sp³-hybridized carbons (Fsp3) is 0.174. The minimum atomic E-state index is -2.88. The number of alkyl halides is 2. The van der Waals surface area contributed by atoms with Gasteiger partial charge in [0.15, 0.2) is 12.0 Å². The van der Waals surface area contributed by atoms with Crippen LogP contribution in [-0.4, -0.2) is 36.6 Å². The summed E-state index contributed by atoms with van der Waals surface area (Å²) in [5, 5.41) is 0. The molecule has 162 valence electrons. The SMILES string of the molecule is CCOC1N=CC2=CC(c3ccc4ocnc4c3)=CN(c3ccc(OC(F)F)cc3)C2=N1. The Kier molecular flexibility index (Phi) is 5.24. The molecule has 0 saturated carbocycles. The Morgan fingerprint density at radius 1 is 1.12 bits per heavy atom. The smallest absolute Gasteiger partial charge is 0.387 e. The number of halogens is 2. The largest absolute Gasteiger partial charge is 0.443 e. The van der Waals surface area contributed by atoms with Crippen molar-refractivity contribution in [2.75, 3.05) is 11.5 Å². The first-order valence-corrected chi connectivity index (χ1v) is 9.95. The number of rotatable bonds is 6. The number of nitrogens with zero attached hydrogens (tertiary/aromatic N) is 4. The maximum Gasteiger partial charge on any atom is 0.387 e. The third-order valence-electron chi connectivity index (χ3n) is 4.96. The van der Waals surface area contributed by atoms with Gasteiger partial charge in [0.05, 0.1) is 0 Å². The summed E-state index contributed by atoms with van der Waals surface area (Å²) in [5.74, 6) is 0.726. The van der Waals surface area contributed by atoms with Gasteiger partial charge in [0, 0.05) is 30.3 Å². The van der Waals surface area contributed by atoms with Crippen LogP contribution in [-0.2, 0) is 4.74 Å². The first kappa shape index (κ1) is 20.1. The zero-order valence-electron chi connectivity index (χ0n) is 17.0. The molecule has 0 radical (unpaired) electrons. The highest BCUT2D eigenvalue weighted by Crippen LogP contribution is 2.32.